The molecule has 0 aromatic heterocycles. The number of nitrogens with one attached hydrogen (secondary N) is 2. The SMILES string of the molecule is CCN(CC(=O)NCc1ccc(C)cc1)CC(=O)Nc1ccc(OC)cc1. The Morgan fingerprint density at radius 3 is 2.19 bits per heavy atom. The standard InChI is InChI=1S/C21H27N3O3/c1-4-24(14-20(25)22-13-17-7-5-16(2)6-8-17)15-21(26)23-18-9-11-19(27-3)12-10-18/h5-12H,4,13-15H2,1-3H3,(H,22,25)(H,23,26). The quantitative estimate of drug-likeness (QED) is 0.713. The molecule has 144 valence electrons. The minimum atomic E-state index is -0.159. The number of likely N-dealkylation sites (N-methyl/N-ethyl adjacent to an activating group) is 1. The van der Waals surface area contributed by atoms with Crippen LogP contribution in [0.1, 0.15) is 18.1 Å². The monoisotopic (exact) mass is 369 g/mol. The first-order valence-electron chi connectivity index (χ1n) is 8.98. The van der Waals surface area contributed by atoms with Crippen LogP contribution < -0.4 is 15.4 Å². The second-order valence-electron chi connectivity index (χ2n) is 6.34. The van der Waals surface area contributed by atoms with Crippen LogP contribution >= 0.6 is 0 Å². The fourth-order valence-electron chi connectivity index (χ4n) is 2.52. The molecule has 0 saturated heterocycles. The highest BCUT2D eigenvalue weighted by atomic mass is 16.5. The van der Waals surface area contributed by atoms with E-state index in [-0.39, 0.29) is 24.9 Å². The first-order valence-corrected chi connectivity index (χ1v) is 8.98. The summed E-state index contributed by atoms with van der Waals surface area (Å²) in [6, 6.07) is 15.2. The van der Waals surface area contributed by atoms with Gasteiger partial charge in [0, 0.05) is 12.2 Å². The third kappa shape index (κ3) is 7.11. The summed E-state index contributed by atoms with van der Waals surface area (Å²) in [7, 11) is 1.59. The Bertz CT molecular complexity index is 742. The summed E-state index contributed by atoms with van der Waals surface area (Å²) >= 11 is 0. The molecule has 2 N–H and O–H groups in total. The lowest BCUT2D eigenvalue weighted by Gasteiger charge is -2.19. The topological polar surface area (TPSA) is 70.7 Å². The second kappa shape index (κ2) is 10.3. The number of hydrogen-bond acceptors (Lipinski definition) is 4. The second-order valence-corrected chi connectivity index (χ2v) is 6.34. The number of hydrogen-bond donors (Lipinski definition) is 2. The molecule has 0 bridgehead atoms. The van der Waals surface area contributed by atoms with Gasteiger partial charge in [0.25, 0.3) is 0 Å². The van der Waals surface area contributed by atoms with Gasteiger partial charge in [-0.1, -0.05) is 36.8 Å². The van der Waals surface area contributed by atoms with Crippen molar-refractivity contribution in [2.45, 2.75) is 20.4 Å². The molecule has 2 rings (SSSR count). The van der Waals surface area contributed by atoms with Crippen LogP contribution in [0.2, 0.25) is 0 Å². The van der Waals surface area contributed by atoms with Crippen molar-refractivity contribution >= 4 is 17.5 Å². The number of carbonyl (C=O) groups excluding carboxylic acids is 2. The Balaban J connectivity index is 1.78. The molecule has 0 atom stereocenters. The zero-order valence-corrected chi connectivity index (χ0v) is 16.1. The molecule has 0 aliphatic heterocycles. The van der Waals surface area contributed by atoms with Crippen molar-refractivity contribution in [3.63, 3.8) is 0 Å². The first-order chi connectivity index (χ1) is 13.0. The van der Waals surface area contributed by atoms with Crippen molar-refractivity contribution in [3.05, 3.63) is 59.7 Å². The Hall–Kier alpha value is -2.86. The van der Waals surface area contributed by atoms with E-state index in [9.17, 15) is 9.59 Å². The Kier molecular flexibility index (Phi) is 7.82. The van der Waals surface area contributed by atoms with Crippen LogP contribution in [0, 0.1) is 6.92 Å². The number of carbonyl (C=O) groups is 2. The van der Waals surface area contributed by atoms with Crippen LogP contribution in [0.25, 0.3) is 0 Å². The van der Waals surface area contributed by atoms with E-state index in [0.717, 1.165) is 11.3 Å². The molecule has 0 aliphatic carbocycles. The third-order valence-corrected chi connectivity index (χ3v) is 4.17. The number of amides is 2. The molecule has 2 aromatic rings. The Morgan fingerprint density at radius 1 is 0.963 bits per heavy atom. The van der Waals surface area contributed by atoms with Crippen molar-refractivity contribution < 1.29 is 14.3 Å². The van der Waals surface area contributed by atoms with Crippen LogP contribution in [0.5, 0.6) is 5.75 Å². The van der Waals surface area contributed by atoms with Gasteiger partial charge in [-0.05, 0) is 43.3 Å². The minimum Gasteiger partial charge on any atom is -0.497 e. The molecule has 0 heterocycles. The summed E-state index contributed by atoms with van der Waals surface area (Å²) in [6.07, 6.45) is 0. The van der Waals surface area contributed by atoms with E-state index >= 15 is 0 Å². The molecule has 0 unspecified atom stereocenters. The largest absolute Gasteiger partial charge is 0.497 e. The molecule has 6 heteroatoms. The normalized spacial score (nSPS) is 10.5. The van der Waals surface area contributed by atoms with Gasteiger partial charge in [0.2, 0.25) is 11.8 Å². The van der Waals surface area contributed by atoms with E-state index in [1.165, 1.54) is 5.56 Å². The van der Waals surface area contributed by atoms with E-state index in [1.54, 1.807) is 36.3 Å². The fourth-order valence-corrected chi connectivity index (χ4v) is 2.52. The molecule has 2 aromatic carbocycles. The van der Waals surface area contributed by atoms with Gasteiger partial charge in [-0.25, -0.2) is 0 Å². The minimum absolute atomic E-state index is 0.102. The van der Waals surface area contributed by atoms with Gasteiger partial charge in [-0.15, -0.1) is 0 Å². The van der Waals surface area contributed by atoms with Gasteiger partial charge in [-0.2, -0.15) is 0 Å². The fraction of sp³-hybridized carbons (Fsp3) is 0.333. The van der Waals surface area contributed by atoms with E-state index < -0.39 is 0 Å². The summed E-state index contributed by atoms with van der Waals surface area (Å²) < 4.78 is 5.10. The zero-order chi connectivity index (χ0) is 19.6. The number of rotatable bonds is 9. The van der Waals surface area contributed by atoms with Crippen molar-refractivity contribution in [2.75, 3.05) is 32.1 Å². The van der Waals surface area contributed by atoms with E-state index in [4.69, 9.17) is 4.74 Å². The van der Waals surface area contributed by atoms with Crippen molar-refractivity contribution in [1.82, 2.24) is 10.2 Å². The van der Waals surface area contributed by atoms with Gasteiger partial charge in [-0.3, -0.25) is 14.5 Å². The van der Waals surface area contributed by atoms with Gasteiger partial charge in [0.15, 0.2) is 0 Å². The highest BCUT2D eigenvalue weighted by Crippen LogP contribution is 2.14. The van der Waals surface area contributed by atoms with Gasteiger partial charge < -0.3 is 15.4 Å². The summed E-state index contributed by atoms with van der Waals surface area (Å²) in [5.74, 6) is 0.469. The summed E-state index contributed by atoms with van der Waals surface area (Å²) in [5, 5.41) is 5.72. The van der Waals surface area contributed by atoms with E-state index in [1.807, 2.05) is 38.1 Å². The smallest absolute Gasteiger partial charge is 0.238 e. The molecule has 2 amide bonds. The van der Waals surface area contributed by atoms with Crippen molar-refractivity contribution in [2.24, 2.45) is 0 Å². The molecule has 0 saturated carbocycles. The lowest BCUT2D eigenvalue weighted by Crippen LogP contribution is -2.40. The first kappa shape index (κ1) is 20.5. The average Bonchev–Trinajstić information content (AvgIpc) is 2.67. The maximum atomic E-state index is 12.2. The number of anilines is 1. The Labute approximate surface area is 160 Å². The highest BCUT2D eigenvalue weighted by molar-refractivity contribution is 5.92. The predicted molar refractivity (Wildman–Crippen MR) is 107 cm³/mol. The van der Waals surface area contributed by atoms with E-state index in [0.29, 0.717) is 18.8 Å². The third-order valence-electron chi connectivity index (χ3n) is 4.17. The highest BCUT2D eigenvalue weighted by Gasteiger charge is 2.13. The maximum absolute atomic E-state index is 12.2. The summed E-state index contributed by atoms with van der Waals surface area (Å²) in [6.45, 7) is 5.37. The van der Waals surface area contributed by atoms with Crippen LogP contribution in [-0.4, -0.2) is 43.5 Å². The average molecular weight is 369 g/mol. The van der Waals surface area contributed by atoms with Gasteiger partial charge in [0.1, 0.15) is 5.75 Å². The number of methoxy groups -OCH3 is 1. The van der Waals surface area contributed by atoms with Gasteiger partial charge >= 0.3 is 0 Å². The lowest BCUT2D eigenvalue weighted by molar-refractivity contribution is -0.123. The number of ether oxygens (including phenoxy) is 1. The summed E-state index contributed by atoms with van der Waals surface area (Å²) in [5.41, 5.74) is 2.93. The maximum Gasteiger partial charge on any atom is 0.238 e. The Morgan fingerprint density at radius 2 is 1.59 bits per heavy atom. The van der Waals surface area contributed by atoms with Crippen LogP contribution in [0.4, 0.5) is 5.69 Å². The van der Waals surface area contributed by atoms with Crippen LogP contribution in [-0.2, 0) is 16.1 Å². The molecule has 27 heavy (non-hydrogen) atoms. The lowest BCUT2D eigenvalue weighted by atomic mass is 10.1. The molecule has 0 radical (unpaired) electrons. The molecule has 0 aliphatic rings. The molecular formula is C21H27N3O3. The van der Waals surface area contributed by atoms with Crippen LogP contribution in [0.15, 0.2) is 48.5 Å². The molecule has 0 spiro atoms. The van der Waals surface area contributed by atoms with Crippen molar-refractivity contribution in [1.29, 1.82) is 0 Å². The molecule has 0 fully saturated rings. The number of nitrogens with zero attached hydrogens (tertiary/aromatic N) is 1. The molecule has 6 nitrogen and oxygen atoms in total. The zero-order valence-electron chi connectivity index (χ0n) is 16.1. The predicted octanol–water partition coefficient (Wildman–Crippen LogP) is 2.58. The van der Waals surface area contributed by atoms with Crippen LogP contribution in [0.3, 0.4) is 0 Å². The number of benzene rings is 2. The van der Waals surface area contributed by atoms with E-state index in [2.05, 4.69) is 10.6 Å². The molecular weight excluding hydrogens is 342 g/mol. The van der Waals surface area contributed by atoms with Crippen molar-refractivity contribution in [3.8, 4) is 5.75 Å². The summed E-state index contributed by atoms with van der Waals surface area (Å²) in [4.78, 5) is 26.2. The number of aryl methyl sites for hydroxylation is 1. The van der Waals surface area contributed by atoms with Gasteiger partial charge in [0.05, 0.1) is 20.2 Å².